The second kappa shape index (κ2) is 6.28. The summed E-state index contributed by atoms with van der Waals surface area (Å²) in [5.74, 6) is 0. The van der Waals surface area contributed by atoms with Gasteiger partial charge in [0, 0.05) is 23.3 Å². The van der Waals surface area contributed by atoms with Crippen LogP contribution in [0.1, 0.15) is 10.4 Å². The smallest absolute Gasteiger partial charge is 0.0701 e. The van der Waals surface area contributed by atoms with Crippen molar-refractivity contribution >= 4 is 27.3 Å². The van der Waals surface area contributed by atoms with Crippen molar-refractivity contribution in [1.29, 1.82) is 0 Å². The Morgan fingerprint density at radius 3 is 2.82 bits per heavy atom. The highest BCUT2D eigenvalue weighted by Crippen LogP contribution is 2.23. The Kier molecular flexibility index (Phi) is 4.71. The molecule has 0 aromatic carbocycles. The molecule has 1 N–H and O–H groups in total. The SMILES string of the molecule is CNC(Cc1cccnc1)Cc1ccc(Br)s1. The summed E-state index contributed by atoms with van der Waals surface area (Å²) >= 11 is 5.30. The molecule has 1 atom stereocenters. The van der Waals surface area contributed by atoms with Gasteiger partial charge >= 0.3 is 0 Å². The predicted molar refractivity (Wildman–Crippen MR) is 76.5 cm³/mol. The van der Waals surface area contributed by atoms with Gasteiger partial charge in [0.2, 0.25) is 0 Å². The number of nitrogens with zero attached hydrogens (tertiary/aromatic N) is 1. The number of likely N-dealkylation sites (N-methyl/N-ethyl adjacent to an activating group) is 1. The third kappa shape index (κ3) is 3.91. The van der Waals surface area contributed by atoms with E-state index in [0.717, 1.165) is 12.8 Å². The lowest BCUT2D eigenvalue weighted by molar-refractivity contribution is 0.559. The highest BCUT2D eigenvalue weighted by Gasteiger charge is 2.09. The molecule has 2 aromatic rings. The maximum atomic E-state index is 4.15. The van der Waals surface area contributed by atoms with Gasteiger partial charge in [-0.25, -0.2) is 0 Å². The summed E-state index contributed by atoms with van der Waals surface area (Å²) in [6.07, 6.45) is 5.82. The van der Waals surface area contributed by atoms with E-state index in [-0.39, 0.29) is 0 Å². The Hall–Kier alpha value is -0.710. The minimum absolute atomic E-state index is 0.463. The molecule has 2 aromatic heterocycles. The van der Waals surface area contributed by atoms with Gasteiger partial charge in [0.1, 0.15) is 0 Å². The van der Waals surface area contributed by atoms with Crippen LogP contribution in [0.4, 0.5) is 0 Å². The fraction of sp³-hybridized carbons (Fsp3) is 0.308. The van der Waals surface area contributed by atoms with Gasteiger partial charge in [-0.1, -0.05) is 6.07 Å². The highest BCUT2D eigenvalue weighted by atomic mass is 79.9. The van der Waals surface area contributed by atoms with E-state index in [1.165, 1.54) is 14.2 Å². The summed E-state index contributed by atoms with van der Waals surface area (Å²) in [5, 5.41) is 3.37. The molecule has 1 unspecified atom stereocenters. The average molecular weight is 311 g/mol. The first-order valence-electron chi connectivity index (χ1n) is 5.58. The first kappa shape index (κ1) is 12.7. The van der Waals surface area contributed by atoms with Crippen LogP contribution in [0, 0.1) is 0 Å². The molecule has 0 spiro atoms. The third-order valence-electron chi connectivity index (χ3n) is 2.69. The number of thiophene rings is 1. The number of aromatic nitrogens is 1. The van der Waals surface area contributed by atoms with Gasteiger partial charge < -0.3 is 5.32 Å². The van der Waals surface area contributed by atoms with Crippen molar-refractivity contribution < 1.29 is 0 Å². The molecular formula is C13H15BrN2S. The summed E-state index contributed by atoms with van der Waals surface area (Å²) in [6, 6.07) is 8.87. The Balaban J connectivity index is 1.98. The maximum absolute atomic E-state index is 4.15. The topological polar surface area (TPSA) is 24.9 Å². The first-order valence-corrected chi connectivity index (χ1v) is 7.19. The minimum Gasteiger partial charge on any atom is -0.316 e. The summed E-state index contributed by atoms with van der Waals surface area (Å²) in [5.41, 5.74) is 1.28. The molecule has 4 heteroatoms. The summed E-state index contributed by atoms with van der Waals surface area (Å²) in [7, 11) is 2.02. The lowest BCUT2D eigenvalue weighted by Crippen LogP contribution is -2.29. The van der Waals surface area contributed by atoms with E-state index >= 15 is 0 Å². The van der Waals surface area contributed by atoms with Gasteiger partial charge in [-0.3, -0.25) is 4.98 Å². The number of nitrogens with one attached hydrogen (secondary N) is 1. The Labute approximate surface area is 114 Å². The molecule has 2 heterocycles. The monoisotopic (exact) mass is 310 g/mol. The molecule has 0 saturated carbocycles. The van der Waals surface area contributed by atoms with E-state index in [1.54, 1.807) is 11.3 Å². The fourth-order valence-electron chi connectivity index (χ4n) is 1.78. The zero-order valence-electron chi connectivity index (χ0n) is 9.69. The number of rotatable bonds is 5. The summed E-state index contributed by atoms with van der Waals surface area (Å²) < 4.78 is 1.20. The van der Waals surface area contributed by atoms with Crippen LogP contribution in [0.2, 0.25) is 0 Å². The molecule has 0 radical (unpaired) electrons. The Morgan fingerprint density at radius 1 is 1.35 bits per heavy atom. The van der Waals surface area contributed by atoms with E-state index in [1.807, 2.05) is 25.5 Å². The van der Waals surface area contributed by atoms with Crippen LogP contribution in [-0.2, 0) is 12.8 Å². The molecule has 0 aliphatic rings. The molecule has 0 aliphatic carbocycles. The minimum atomic E-state index is 0.463. The molecule has 90 valence electrons. The van der Waals surface area contributed by atoms with E-state index < -0.39 is 0 Å². The number of pyridine rings is 1. The third-order valence-corrected chi connectivity index (χ3v) is 4.34. The van der Waals surface area contributed by atoms with E-state index in [4.69, 9.17) is 0 Å². The van der Waals surface area contributed by atoms with Gasteiger partial charge in [-0.15, -0.1) is 11.3 Å². The molecule has 0 fully saturated rings. The van der Waals surface area contributed by atoms with E-state index in [9.17, 15) is 0 Å². The normalized spacial score (nSPS) is 12.6. The molecule has 2 nitrogen and oxygen atoms in total. The molecule has 0 bridgehead atoms. The molecule has 17 heavy (non-hydrogen) atoms. The van der Waals surface area contributed by atoms with Gasteiger partial charge in [-0.2, -0.15) is 0 Å². The van der Waals surface area contributed by atoms with Crippen LogP contribution >= 0.6 is 27.3 Å². The van der Waals surface area contributed by atoms with Crippen LogP contribution in [0.25, 0.3) is 0 Å². The van der Waals surface area contributed by atoms with Crippen molar-refractivity contribution in [2.24, 2.45) is 0 Å². The second-order valence-corrected chi connectivity index (χ2v) is 6.51. The summed E-state index contributed by atoms with van der Waals surface area (Å²) in [4.78, 5) is 5.55. The first-order chi connectivity index (χ1) is 8.28. The van der Waals surface area contributed by atoms with Gasteiger partial charge in [-0.05, 0) is 59.6 Å². The lowest BCUT2D eigenvalue weighted by Gasteiger charge is -2.14. The molecule has 0 aliphatic heterocycles. The Morgan fingerprint density at radius 2 is 2.24 bits per heavy atom. The zero-order chi connectivity index (χ0) is 12.1. The maximum Gasteiger partial charge on any atom is 0.0701 e. The molecule has 0 amide bonds. The van der Waals surface area contributed by atoms with Crippen molar-refractivity contribution in [3.63, 3.8) is 0 Å². The number of halogens is 1. The van der Waals surface area contributed by atoms with Gasteiger partial charge in [0.25, 0.3) is 0 Å². The lowest BCUT2D eigenvalue weighted by atomic mass is 10.0. The van der Waals surface area contributed by atoms with Crippen LogP contribution < -0.4 is 5.32 Å². The average Bonchev–Trinajstić information content (AvgIpc) is 2.75. The number of hydrogen-bond acceptors (Lipinski definition) is 3. The molecule has 0 saturated heterocycles. The van der Waals surface area contributed by atoms with E-state index in [0.29, 0.717) is 6.04 Å². The van der Waals surface area contributed by atoms with Crippen LogP contribution in [0.15, 0.2) is 40.4 Å². The molecular weight excluding hydrogens is 296 g/mol. The van der Waals surface area contributed by atoms with Gasteiger partial charge in [0.15, 0.2) is 0 Å². The second-order valence-electron chi connectivity index (χ2n) is 3.96. The predicted octanol–water partition coefficient (Wildman–Crippen LogP) is 3.28. The van der Waals surface area contributed by atoms with Crippen molar-refractivity contribution in [2.45, 2.75) is 18.9 Å². The summed E-state index contributed by atoms with van der Waals surface area (Å²) in [6.45, 7) is 0. The van der Waals surface area contributed by atoms with Crippen LogP contribution in [0.5, 0.6) is 0 Å². The quantitative estimate of drug-likeness (QED) is 0.916. The van der Waals surface area contributed by atoms with Crippen molar-refractivity contribution in [1.82, 2.24) is 10.3 Å². The van der Waals surface area contributed by atoms with E-state index in [2.05, 4.69) is 44.4 Å². The zero-order valence-corrected chi connectivity index (χ0v) is 12.1. The highest BCUT2D eigenvalue weighted by molar-refractivity contribution is 9.11. The van der Waals surface area contributed by atoms with Gasteiger partial charge in [0.05, 0.1) is 3.79 Å². The standard InChI is InChI=1S/C13H15BrN2S/c1-15-11(7-10-3-2-6-16-9-10)8-12-4-5-13(14)17-12/h2-6,9,11,15H,7-8H2,1H3. The van der Waals surface area contributed by atoms with Crippen LogP contribution in [-0.4, -0.2) is 18.1 Å². The van der Waals surface area contributed by atoms with Crippen molar-refractivity contribution in [3.8, 4) is 0 Å². The van der Waals surface area contributed by atoms with Crippen molar-refractivity contribution in [2.75, 3.05) is 7.05 Å². The van der Waals surface area contributed by atoms with Crippen molar-refractivity contribution in [3.05, 3.63) is 50.9 Å². The number of hydrogen-bond donors (Lipinski definition) is 1. The van der Waals surface area contributed by atoms with Crippen LogP contribution in [0.3, 0.4) is 0 Å². The Bertz CT molecular complexity index is 455. The molecule has 2 rings (SSSR count). The largest absolute Gasteiger partial charge is 0.316 e. The fourth-order valence-corrected chi connectivity index (χ4v) is 3.35.